The van der Waals surface area contributed by atoms with E-state index in [2.05, 4.69) is 0 Å². The average molecular weight is 346 g/mol. The third-order valence-corrected chi connectivity index (χ3v) is 3.52. The van der Waals surface area contributed by atoms with Gasteiger partial charge in [0.2, 0.25) is 0 Å². The van der Waals surface area contributed by atoms with Crippen molar-refractivity contribution in [1.82, 2.24) is 9.80 Å². The fourth-order valence-corrected chi connectivity index (χ4v) is 2.30. The number of ether oxygens (including phenoxy) is 4. The van der Waals surface area contributed by atoms with Gasteiger partial charge in [0.1, 0.15) is 0 Å². The Hall–Kier alpha value is -1.22. The van der Waals surface area contributed by atoms with Gasteiger partial charge >= 0.3 is 11.9 Å². The van der Waals surface area contributed by atoms with Gasteiger partial charge < -0.3 is 18.9 Å². The number of nitrogens with zero attached hydrogens (tertiary/aromatic N) is 2. The lowest BCUT2D eigenvalue weighted by Gasteiger charge is -2.25. The van der Waals surface area contributed by atoms with Crippen LogP contribution in [-0.4, -0.2) is 101 Å². The predicted octanol–water partition coefficient (Wildman–Crippen LogP) is -0.237. The third kappa shape index (κ3) is 9.82. The first kappa shape index (κ1) is 20.8. The summed E-state index contributed by atoms with van der Waals surface area (Å²) in [7, 11) is 0. The van der Waals surface area contributed by atoms with E-state index in [1.807, 2.05) is 9.80 Å². The van der Waals surface area contributed by atoms with Gasteiger partial charge in [0.15, 0.2) is 0 Å². The largest absolute Gasteiger partial charge is 0.465 e. The van der Waals surface area contributed by atoms with Crippen molar-refractivity contribution in [2.75, 3.05) is 78.9 Å². The SMILES string of the molecule is CCOC(=O)CN1CCOCCN(CC(=O)OCC)CCOCC1. The highest BCUT2D eigenvalue weighted by Crippen LogP contribution is 1.97. The lowest BCUT2D eigenvalue weighted by molar-refractivity contribution is -0.145. The molecule has 0 amide bonds. The molecule has 0 spiro atoms. The second kappa shape index (κ2) is 13.1. The first-order chi connectivity index (χ1) is 11.7. The maximum Gasteiger partial charge on any atom is 0.320 e. The molecular formula is C16H30N2O6. The molecule has 0 saturated carbocycles. The fourth-order valence-electron chi connectivity index (χ4n) is 2.30. The number of hydrogen-bond acceptors (Lipinski definition) is 8. The summed E-state index contributed by atoms with van der Waals surface area (Å²) >= 11 is 0. The molecule has 1 saturated heterocycles. The maximum absolute atomic E-state index is 11.6. The van der Waals surface area contributed by atoms with Crippen LogP contribution in [0.15, 0.2) is 0 Å². The van der Waals surface area contributed by atoms with E-state index in [9.17, 15) is 9.59 Å². The van der Waals surface area contributed by atoms with Crippen LogP contribution in [-0.2, 0) is 28.5 Å². The number of carbonyl (C=O) groups excluding carboxylic acids is 2. The zero-order valence-electron chi connectivity index (χ0n) is 14.8. The summed E-state index contributed by atoms with van der Waals surface area (Å²) in [5.41, 5.74) is 0. The van der Waals surface area contributed by atoms with E-state index >= 15 is 0 Å². The molecule has 1 rings (SSSR count). The fraction of sp³-hybridized carbons (Fsp3) is 0.875. The highest BCUT2D eigenvalue weighted by atomic mass is 16.5. The number of esters is 2. The highest BCUT2D eigenvalue weighted by Gasteiger charge is 2.14. The summed E-state index contributed by atoms with van der Waals surface area (Å²) in [6.07, 6.45) is 0. The van der Waals surface area contributed by atoms with Crippen LogP contribution in [0.1, 0.15) is 13.8 Å². The molecule has 8 heteroatoms. The van der Waals surface area contributed by atoms with Crippen molar-refractivity contribution < 1.29 is 28.5 Å². The van der Waals surface area contributed by atoms with Crippen LogP contribution < -0.4 is 0 Å². The molecular weight excluding hydrogens is 316 g/mol. The molecule has 0 aliphatic carbocycles. The van der Waals surface area contributed by atoms with Crippen LogP contribution in [0.4, 0.5) is 0 Å². The molecule has 1 aliphatic rings. The molecule has 0 N–H and O–H groups in total. The molecule has 0 bridgehead atoms. The van der Waals surface area contributed by atoms with Crippen molar-refractivity contribution in [3.05, 3.63) is 0 Å². The Kier molecular flexibility index (Phi) is 11.4. The van der Waals surface area contributed by atoms with Crippen molar-refractivity contribution in [3.63, 3.8) is 0 Å². The monoisotopic (exact) mass is 346 g/mol. The van der Waals surface area contributed by atoms with E-state index in [0.29, 0.717) is 65.8 Å². The van der Waals surface area contributed by atoms with Gasteiger partial charge in [-0.25, -0.2) is 0 Å². The van der Waals surface area contributed by atoms with Crippen molar-refractivity contribution in [2.45, 2.75) is 13.8 Å². The molecule has 0 aromatic rings. The quantitative estimate of drug-likeness (QED) is 0.610. The van der Waals surface area contributed by atoms with E-state index < -0.39 is 0 Å². The molecule has 1 fully saturated rings. The molecule has 0 unspecified atom stereocenters. The van der Waals surface area contributed by atoms with Crippen molar-refractivity contribution in [2.24, 2.45) is 0 Å². The van der Waals surface area contributed by atoms with Gasteiger partial charge in [-0.15, -0.1) is 0 Å². The summed E-state index contributed by atoms with van der Waals surface area (Å²) in [6, 6.07) is 0. The first-order valence-electron chi connectivity index (χ1n) is 8.57. The number of hydrogen-bond donors (Lipinski definition) is 0. The van der Waals surface area contributed by atoms with Crippen LogP contribution in [0.5, 0.6) is 0 Å². The Balaban J connectivity index is 2.37. The first-order valence-corrected chi connectivity index (χ1v) is 8.57. The second-order valence-electron chi connectivity index (χ2n) is 5.39. The minimum atomic E-state index is -0.231. The summed E-state index contributed by atoms with van der Waals surface area (Å²) in [5, 5.41) is 0. The minimum absolute atomic E-state index is 0.231. The molecule has 0 aromatic heterocycles. The highest BCUT2D eigenvalue weighted by molar-refractivity contribution is 5.71. The lowest BCUT2D eigenvalue weighted by atomic mass is 10.4. The van der Waals surface area contributed by atoms with E-state index in [1.54, 1.807) is 13.8 Å². The van der Waals surface area contributed by atoms with Crippen molar-refractivity contribution in [1.29, 1.82) is 0 Å². The smallest absolute Gasteiger partial charge is 0.320 e. The van der Waals surface area contributed by atoms with Crippen LogP contribution in [0.3, 0.4) is 0 Å². The third-order valence-electron chi connectivity index (χ3n) is 3.52. The van der Waals surface area contributed by atoms with Gasteiger partial charge in [0, 0.05) is 26.2 Å². The number of rotatable bonds is 6. The Morgan fingerprint density at radius 3 is 1.38 bits per heavy atom. The van der Waals surface area contributed by atoms with Gasteiger partial charge in [-0.2, -0.15) is 0 Å². The standard InChI is InChI=1S/C16H30N2O6/c1-3-23-15(19)13-17-5-9-21-11-7-18(8-12-22-10-6-17)14-16(20)24-4-2/h3-14H2,1-2H3. The van der Waals surface area contributed by atoms with Crippen molar-refractivity contribution >= 4 is 11.9 Å². The molecule has 140 valence electrons. The van der Waals surface area contributed by atoms with Gasteiger partial charge in [-0.05, 0) is 13.8 Å². The lowest BCUT2D eigenvalue weighted by Crippen LogP contribution is -2.40. The summed E-state index contributed by atoms with van der Waals surface area (Å²) < 4.78 is 21.2. The Labute approximate surface area is 144 Å². The van der Waals surface area contributed by atoms with Crippen molar-refractivity contribution in [3.8, 4) is 0 Å². The molecule has 24 heavy (non-hydrogen) atoms. The van der Waals surface area contributed by atoms with Crippen LogP contribution >= 0.6 is 0 Å². The maximum atomic E-state index is 11.6. The Bertz CT molecular complexity index is 320. The number of carbonyl (C=O) groups is 2. The Morgan fingerprint density at radius 2 is 1.08 bits per heavy atom. The molecule has 8 nitrogen and oxygen atoms in total. The van der Waals surface area contributed by atoms with Gasteiger partial charge in [-0.3, -0.25) is 19.4 Å². The average Bonchev–Trinajstić information content (AvgIpc) is 2.52. The van der Waals surface area contributed by atoms with Crippen LogP contribution in [0.2, 0.25) is 0 Å². The molecule has 0 radical (unpaired) electrons. The zero-order chi connectivity index (χ0) is 17.6. The van der Waals surface area contributed by atoms with Gasteiger partial charge in [0.05, 0.1) is 52.7 Å². The van der Waals surface area contributed by atoms with Gasteiger partial charge in [0.25, 0.3) is 0 Å². The summed E-state index contributed by atoms with van der Waals surface area (Å²) in [4.78, 5) is 27.1. The second-order valence-corrected chi connectivity index (χ2v) is 5.39. The molecule has 1 aliphatic heterocycles. The van der Waals surface area contributed by atoms with E-state index in [-0.39, 0.29) is 25.0 Å². The van der Waals surface area contributed by atoms with E-state index in [0.717, 1.165) is 0 Å². The molecule has 1 heterocycles. The zero-order valence-corrected chi connectivity index (χ0v) is 14.8. The minimum Gasteiger partial charge on any atom is -0.465 e. The molecule has 0 aromatic carbocycles. The Morgan fingerprint density at radius 1 is 0.750 bits per heavy atom. The normalized spacial score (nSPS) is 19.1. The summed E-state index contributed by atoms with van der Waals surface area (Å²) in [6.45, 7) is 9.49. The van der Waals surface area contributed by atoms with Crippen LogP contribution in [0, 0.1) is 0 Å². The van der Waals surface area contributed by atoms with E-state index in [4.69, 9.17) is 18.9 Å². The summed E-state index contributed by atoms with van der Waals surface area (Å²) in [5.74, 6) is -0.463. The topological polar surface area (TPSA) is 77.5 Å². The molecule has 0 atom stereocenters. The predicted molar refractivity (Wildman–Crippen MR) is 87.8 cm³/mol. The van der Waals surface area contributed by atoms with E-state index in [1.165, 1.54) is 0 Å². The van der Waals surface area contributed by atoms with Crippen LogP contribution in [0.25, 0.3) is 0 Å². The van der Waals surface area contributed by atoms with Gasteiger partial charge in [-0.1, -0.05) is 0 Å².